The third-order valence-corrected chi connectivity index (χ3v) is 6.59. The molecule has 48 heavy (non-hydrogen) atoms. The number of alkyl carbamates (subject to hydrolysis) is 1. The average Bonchev–Trinajstić information content (AvgIpc) is 2.95. The zero-order valence-corrected chi connectivity index (χ0v) is 31.3. The molecule has 2 aromatic rings. The van der Waals surface area contributed by atoms with Gasteiger partial charge >= 0.3 is 12.2 Å². The number of alkyl halides is 2. The molecule has 0 aromatic heterocycles. The monoisotopic (exact) mass is 806 g/mol. The minimum Gasteiger partial charge on any atom is -0.492 e. The van der Waals surface area contributed by atoms with Gasteiger partial charge in [0, 0.05) is 12.8 Å². The Hall–Kier alpha value is -3.66. The number of nitrogens with two attached hydrogens (primary N) is 2. The van der Waals surface area contributed by atoms with E-state index in [0.29, 0.717) is 41.1 Å². The molecule has 0 heterocycles. The molecule has 0 atom stereocenters. The van der Waals surface area contributed by atoms with E-state index in [2.05, 4.69) is 42.2 Å². The summed E-state index contributed by atoms with van der Waals surface area (Å²) in [6.45, 7) is 10.3. The molecule has 0 bridgehead atoms. The Kier molecular flexibility index (Phi) is 18.2. The molecular formula is C32H46Br2F2N6O6. The Morgan fingerprint density at radius 2 is 1.33 bits per heavy atom. The second kappa shape index (κ2) is 20.6. The van der Waals surface area contributed by atoms with Gasteiger partial charge in [0.2, 0.25) is 5.96 Å². The zero-order valence-electron chi connectivity index (χ0n) is 28.1. The van der Waals surface area contributed by atoms with E-state index in [-0.39, 0.29) is 32.2 Å². The van der Waals surface area contributed by atoms with Crippen molar-refractivity contribution < 1.29 is 37.3 Å². The van der Waals surface area contributed by atoms with Gasteiger partial charge in [-0.25, -0.2) is 19.5 Å². The standard InChI is InChI=1S/C21H31BrFN3O5.C11H15BrFN3O/c1-20(2,3)30-18(27)25-17(24)26(19(28)31-21(4,5)6)13-14-8-9-16(15(22)12-14)29-11-7-10-23;12-9-6-8(7-16-11(14)15)2-3-10(9)17-5-1-4-13/h8-9,12H,7,10-11,13H2,1-6H3,(H2,24,25,27);2-3,6H,1,4-5,7H2,(H4,14,15,16). The normalized spacial score (nSPS) is 11.0. The summed E-state index contributed by atoms with van der Waals surface area (Å²) in [5.41, 5.74) is 10.5. The number of guanidine groups is 2. The molecule has 2 amide bonds. The largest absolute Gasteiger partial charge is 0.492 e. The van der Waals surface area contributed by atoms with Crippen LogP contribution in [0.4, 0.5) is 18.4 Å². The molecule has 0 spiro atoms. The van der Waals surface area contributed by atoms with E-state index in [9.17, 15) is 18.4 Å². The maximum Gasteiger partial charge on any atom is 0.417 e. The highest BCUT2D eigenvalue weighted by atomic mass is 79.9. The van der Waals surface area contributed by atoms with Gasteiger partial charge in [0.15, 0.2) is 5.96 Å². The number of hydrogen-bond acceptors (Lipinski definition) is 8. The van der Waals surface area contributed by atoms with Crippen LogP contribution in [0.2, 0.25) is 0 Å². The Labute approximate surface area is 297 Å². The lowest BCUT2D eigenvalue weighted by Crippen LogP contribution is -2.49. The van der Waals surface area contributed by atoms with Crippen molar-refractivity contribution in [2.75, 3.05) is 26.6 Å². The minimum absolute atomic E-state index is 0.0487. The molecule has 12 nitrogen and oxygen atoms in total. The second-order valence-electron chi connectivity index (χ2n) is 12.1. The molecule has 0 aliphatic carbocycles. The van der Waals surface area contributed by atoms with Gasteiger partial charge in [-0.05, 0) is 109 Å². The average molecular weight is 809 g/mol. The van der Waals surface area contributed by atoms with E-state index >= 15 is 0 Å². The lowest BCUT2D eigenvalue weighted by atomic mass is 10.2. The van der Waals surface area contributed by atoms with Gasteiger partial charge in [0.1, 0.15) is 22.7 Å². The zero-order chi connectivity index (χ0) is 36.5. The maximum atomic E-state index is 12.7. The van der Waals surface area contributed by atoms with Crippen molar-refractivity contribution >= 4 is 56.0 Å². The minimum atomic E-state index is -0.858. The van der Waals surface area contributed by atoms with Crippen LogP contribution in [0.5, 0.6) is 11.5 Å². The van der Waals surface area contributed by atoms with Gasteiger partial charge in [-0.2, -0.15) is 0 Å². The van der Waals surface area contributed by atoms with E-state index < -0.39 is 36.0 Å². The van der Waals surface area contributed by atoms with E-state index in [4.69, 9.17) is 35.8 Å². The summed E-state index contributed by atoms with van der Waals surface area (Å²) in [6.07, 6.45) is -0.979. The lowest BCUT2D eigenvalue weighted by Gasteiger charge is -2.28. The van der Waals surface area contributed by atoms with Crippen LogP contribution >= 0.6 is 31.9 Å². The first-order valence-corrected chi connectivity index (χ1v) is 16.5. The number of ether oxygens (including phenoxy) is 4. The van der Waals surface area contributed by atoms with Crippen LogP contribution in [-0.4, -0.2) is 66.8 Å². The van der Waals surface area contributed by atoms with Crippen molar-refractivity contribution in [1.29, 1.82) is 5.41 Å². The fourth-order valence-electron chi connectivity index (χ4n) is 3.38. The summed E-state index contributed by atoms with van der Waals surface area (Å²) in [4.78, 5) is 29.6. The summed E-state index contributed by atoms with van der Waals surface area (Å²) in [5.74, 6) is 0.794. The number of carbonyl (C=O) groups excluding carboxylic acids is 2. The van der Waals surface area contributed by atoms with Crippen LogP contribution in [0.1, 0.15) is 65.5 Å². The topological polar surface area (TPSA) is 175 Å². The number of halogens is 4. The number of amides is 2. The Balaban J connectivity index is 0.000000569. The summed E-state index contributed by atoms with van der Waals surface area (Å²) in [7, 11) is 0. The Morgan fingerprint density at radius 3 is 1.77 bits per heavy atom. The Bertz CT molecular complexity index is 1380. The van der Waals surface area contributed by atoms with Crippen molar-refractivity contribution in [3.05, 3.63) is 56.5 Å². The molecule has 0 aliphatic rings. The highest BCUT2D eigenvalue weighted by Crippen LogP contribution is 2.28. The highest BCUT2D eigenvalue weighted by Gasteiger charge is 2.28. The molecule has 0 fully saturated rings. The molecule has 0 saturated carbocycles. The van der Waals surface area contributed by atoms with Gasteiger partial charge < -0.3 is 30.4 Å². The number of benzene rings is 2. The quantitative estimate of drug-likeness (QED) is 0.0979. The summed E-state index contributed by atoms with van der Waals surface area (Å²) in [5, 5.41) is 10.5. The molecule has 0 aliphatic heterocycles. The fourth-order valence-corrected chi connectivity index (χ4v) is 4.46. The van der Waals surface area contributed by atoms with Gasteiger partial charge in [0.05, 0.1) is 48.6 Å². The molecular weight excluding hydrogens is 762 g/mol. The van der Waals surface area contributed by atoms with Crippen molar-refractivity contribution in [2.24, 2.45) is 16.5 Å². The molecule has 0 unspecified atom stereocenters. The van der Waals surface area contributed by atoms with E-state index in [1.807, 2.05) is 12.1 Å². The van der Waals surface area contributed by atoms with Crippen molar-refractivity contribution in [2.45, 2.75) is 78.7 Å². The number of aliphatic imine (C=N–C) groups is 1. The summed E-state index contributed by atoms with van der Waals surface area (Å²) < 4.78 is 47.0. The first-order valence-electron chi connectivity index (χ1n) is 14.9. The number of nitrogens with zero attached hydrogens (tertiary/aromatic N) is 2. The lowest BCUT2D eigenvalue weighted by molar-refractivity contribution is 0.0346. The predicted molar refractivity (Wildman–Crippen MR) is 189 cm³/mol. The SMILES string of the molecule is CC(C)(C)OC(=O)NC(=N)N(Cc1ccc(OCCCF)c(Br)c1)C(=O)OC(C)(C)C.NC(N)=NCc1ccc(OCCCF)c(Br)c1. The van der Waals surface area contributed by atoms with Crippen molar-refractivity contribution in [3.8, 4) is 11.5 Å². The van der Waals surface area contributed by atoms with Gasteiger partial charge in [-0.1, -0.05) is 12.1 Å². The fraction of sp³-hybridized carbons (Fsp3) is 0.500. The molecule has 16 heteroatoms. The van der Waals surface area contributed by atoms with Gasteiger partial charge in [-0.3, -0.25) is 19.5 Å². The van der Waals surface area contributed by atoms with Gasteiger partial charge in [0.25, 0.3) is 0 Å². The molecule has 2 aromatic carbocycles. The molecule has 0 saturated heterocycles. The summed E-state index contributed by atoms with van der Waals surface area (Å²) >= 11 is 6.77. The van der Waals surface area contributed by atoms with E-state index in [1.165, 1.54) is 0 Å². The predicted octanol–water partition coefficient (Wildman–Crippen LogP) is 7.34. The molecule has 268 valence electrons. The molecule has 6 N–H and O–H groups in total. The second-order valence-corrected chi connectivity index (χ2v) is 13.8. The van der Waals surface area contributed by atoms with Crippen LogP contribution < -0.4 is 26.3 Å². The number of carbonyl (C=O) groups is 2. The Morgan fingerprint density at radius 1 is 0.854 bits per heavy atom. The molecule has 0 radical (unpaired) electrons. The third-order valence-electron chi connectivity index (χ3n) is 5.35. The number of rotatable bonds is 12. The van der Waals surface area contributed by atoms with Gasteiger partial charge in [-0.15, -0.1) is 0 Å². The maximum absolute atomic E-state index is 12.7. The first-order chi connectivity index (χ1) is 22.3. The van der Waals surface area contributed by atoms with Crippen LogP contribution in [0.25, 0.3) is 0 Å². The number of hydrogen-bond donors (Lipinski definition) is 4. The van der Waals surface area contributed by atoms with E-state index in [0.717, 1.165) is 14.9 Å². The summed E-state index contributed by atoms with van der Waals surface area (Å²) in [6, 6.07) is 10.6. The van der Waals surface area contributed by atoms with Crippen LogP contribution in [-0.2, 0) is 22.6 Å². The van der Waals surface area contributed by atoms with E-state index in [1.54, 1.807) is 65.8 Å². The highest BCUT2D eigenvalue weighted by molar-refractivity contribution is 9.10. The number of nitrogens with one attached hydrogen (secondary N) is 2. The molecule has 2 rings (SSSR count). The van der Waals surface area contributed by atoms with Crippen molar-refractivity contribution in [3.63, 3.8) is 0 Å². The van der Waals surface area contributed by atoms with Crippen LogP contribution in [0.15, 0.2) is 50.3 Å². The third kappa shape index (κ3) is 18.0. The first kappa shape index (κ1) is 42.4. The van der Waals surface area contributed by atoms with Crippen LogP contribution in [0, 0.1) is 5.41 Å². The van der Waals surface area contributed by atoms with Crippen LogP contribution in [0.3, 0.4) is 0 Å². The van der Waals surface area contributed by atoms with Crippen molar-refractivity contribution in [1.82, 2.24) is 10.2 Å². The smallest absolute Gasteiger partial charge is 0.417 e.